The summed E-state index contributed by atoms with van der Waals surface area (Å²) in [6.45, 7) is 0. The van der Waals surface area contributed by atoms with Crippen molar-refractivity contribution in [3.05, 3.63) is 41.5 Å². The first-order valence-electron chi connectivity index (χ1n) is 5.19. The Labute approximate surface area is 92.9 Å². The molecule has 2 atom stereocenters. The van der Waals surface area contributed by atoms with Crippen molar-refractivity contribution in [1.29, 1.82) is 0 Å². The Balaban J connectivity index is 2.44. The first-order chi connectivity index (χ1) is 7.74. The largest absolute Gasteiger partial charge is 0.496 e. The van der Waals surface area contributed by atoms with E-state index in [2.05, 4.69) is 0 Å². The van der Waals surface area contributed by atoms with Gasteiger partial charge in [-0.15, -0.1) is 0 Å². The van der Waals surface area contributed by atoms with Crippen molar-refractivity contribution in [3.63, 3.8) is 0 Å². The molecule has 0 heterocycles. The molecule has 0 fully saturated rings. The Kier molecular flexibility index (Phi) is 1.93. The lowest BCUT2D eigenvalue weighted by Crippen LogP contribution is -2.02. The molecule has 0 aromatic heterocycles. The van der Waals surface area contributed by atoms with Gasteiger partial charge in [0.15, 0.2) is 0 Å². The second-order valence-corrected chi connectivity index (χ2v) is 4.02. The minimum Gasteiger partial charge on any atom is -0.496 e. The third kappa shape index (κ3) is 1.04. The van der Waals surface area contributed by atoms with Crippen molar-refractivity contribution < 1.29 is 14.9 Å². The molecule has 3 rings (SSSR count). The number of ether oxygens (including phenoxy) is 1. The molecule has 1 aliphatic carbocycles. The number of benzene rings is 2. The average Bonchev–Trinajstić information content (AvgIpc) is 2.57. The zero-order valence-corrected chi connectivity index (χ0v) is 8.84. The van der Waals surface area contributed by atoms with E-state index in [1.165, 1.54) is 0 Å². The summed E-state index contributed by atoms with van der Waals surface area (Å²) >= 11 is 0. The predicted octanol–water partition coefficient (Wildman–Crippen LogP) is 1.93. The fraction of sp³-hybridized carbons (Fsp3) is 0.231. The van der Waals surface area contributed by atoms with Gasteiger partial charge < -0.3 is 14.9 Å². The van der Waals surface area contributed by atoms with Gasteiger partial charge in [-0.3, -0.25) is 0 Å². The molecule has 0 aliphatic heterocycles. The first kappa shape index (κ1) is 9.63. The van der Waals surface area contributed by atoms with Gasteiger partial charge in [0.2, 0.25) is 0 Å². The Morgan fingerprint density at radius 2 is 1.69 bits per heavy atom. The SMILES string of the molecule is COc1ccc2c3c(cccc13)[C@@H](O)[C@@H]2O. The topological polar surface area (TPSA) is 49.7 Å². The van der Waals surface area contributed by atoms with Gasteiger partial charge in [-0.2, -0.15) is 0 Å². The molecule has 0 radical (unpaired) electrons. The van der Waals surface area contributed by atoms with E-state index in [0.29, 0.717) is 0 Å². The normalized spacial score (nSPS) is 22.7. The zero-order valence-electron chi connectivity index (χ0n) is 8.84. The summed E-state index contributed by atoms with van der Waals surface area (Å²) in [5, 5.41) is 21.7. The molecule has 3 nitrogen and oxygen atoms in total. The van der Waals surface area contributed by atoms with Crippen molar-refractivity contribution in [3.8, 4) is 5.75 Å². The van der Waals surface area contributed by atoms with Crippen LogP contribution in [0.25, 0.3) is 10.8 Å². The fourth-order valence-electron chi connectivity index (χ4n) is 2.45. The molecule has 0 saturated heterocycles. The quantitative estimate of drug-likeness (QED) is 0.765. The molecule has 2 aromatic rings. The van der Waals surface area contributed by atoms with Crippen LogP contribution in [0.3, 0.4) is 0 Å². The molecule has 0 bridgehead atoms. The number of aliphatic hydroxyl groups excluding tert-OH is 2. The highest BCUT2D eigenvalue weighted by atomic mass is 16.5. The van der Waals surface area contributed by atoms with Gasteiger partial charge in [-0.05, 0) is 22.6 Å². The highest BCUT2D eigenvalue weighted by molar-refractivity contribution is 5.96. The maximum atomic E-state index is 9.91. The van der Waals surface area contributed by atoms with Crippen LogP contribution < -0.4 is 4.74 Å². The summed E-state index contributed by atoms with van der Waals surface area (Å²) in [5.74, 6) is 0.766. The number of hydrogen-bond acceptors (Lipinski definition) is 3. The van der Waals surface area contributed by atoms with Crippen LogP contribution in [0.4, 0.5) is 0 Å². The molecule has 2 N–H and O–H groups in total. The van der Waals surface area contributed by atoms with Crippen molar-refractivity contribution in [2.75, 3.05) is 7.11 Å². The fourth-order valence-corrected chi connectivity index (χ4v) is 2.45. The molecule has 0 unspecified atom stereocenters. The van der Waals surface area contributed by atoms with E-state index >= 15 is 0 Å². The van der Waals surface area contributed by atoms with E-state index in [4.69, 9.17) is 4.74 Å². The van der Waals surface area contributed by atoms with Gasteiger partial charge >= 0.3 is 0 Å². The summed E-state index contributed by atoms with van der Waals surface area (Å²) < 4.78 is 5.27. The van der Waals surface area contributed by atoms with Gasteiger partial charge in [0.25, 0.3) is 0 Å². The van der Waals surface area contributed by atoms with Crippen molar-refractivity contribution in [2.24, 2.45) is 0 Å². The van der Waals surface area contributed by atoms with Crippen LogP contribution in [0.15, 0.2) is 30.3 Å². The third-order valence-electron chi connectivity index (χ3n) is 3.22. The molecule has 2 aromatic carbocycles. The predicted molar refractivity (Wildman–Crippen MR) is 60.4 cm³/mol. The Hall–Kier alpha value is -1.58. The molecule has 82 valence electrons. The van der Waals surface area contributed by atoms with Gasteiger partial charge in [0.1, 0.15) is 18.0 Å². The molecular formula is C13H12O3. The molecule has 0 spiro atoms. The Morgan fingerprint density at radius 1 is 1.00 bits per heavy atom. The number of methoxy groups -OCH3 is 1. The second kappa shape index (κ2) is 3.20. The third-order valence-corrected chi connectivity index (χ3v) is 3.22. The standard InChI is InChI=1S/C13H12O3/c1-16-10-6-5-9-11-7(10)3-2-4-8(11)12(14)13(9)15/h2-6,12-15H,1H3/t12-,13-/m1/s1. The Bertz CT molecular complexity index is 548. The van der Waals surface area contributed by atoms with Gasteiger partial charge in [0, 0.05) is 5.39 Å². The van der Waals surface area contributed by atoms with Crippen LogP contribution in [0.2, 0.25) is 0 Å². The van der Waals surface area contributed by atoms with Crippen molar-refractivity contribution in [1.82, 2.24) is 0 Å². The van der Waals surface area contributed by atoms with Crippen LogP contribution >= 0.6 is 0 Å². The maximum absolute atomic E-state index is 9.91. The van der Waals surface area contributed by atoms with Gasteiger partial charge in [-0.1, -0.05) is 24.3 Å². The van der Waals surface area contributed by atoms with Crippen LogP contribution in [0.5, 0.6) is 5.75 Å². The molecule has 0 amide bonds. The minimum absolute atomic E-state index is 0.766. The van der Waals surface area contributed by atoms with Crippen molar-refractivity contribution >= 4 is 10.8 Å². The minimum atomic E-state index is -0.828. The van der Waals surface area contributed by atoms with E-state index in [-0.39, 0.29) is 0 Å². The van der Waals surface area contributed by atoms with Gasteiger partial charge in [-0.25, -0.2) is 0 Å². The van der Waals surface area contributed by atoms with E-state index in [0.717, 1.165) is 27.6 Å². The highest BCUT2D eigenvalue weighted by Crippen LogP contribution is 2.46. The maximum Gasteiger partial charge on any atom is 0.126 e. The van der Waals surface area contributed by atoms with Crippen LogP contribution in [0.1, 0.15) is 23.3 Å². The van der Waals surface area contributed by atoms with Crippen LogP contribution in [-0.2, 0) is 0 Å². The molecule has 3 heteroatoms. The summed E-state index contributed by atoms with van der Waals surface area (Å²) in [7, 11) is 1.62. The summed E-state index contributed by atoms with van der Waals surface area (Å²) in [5.41, 5.74) is 1.55. The lowest BCUT2D eigenvalue weighted by Gasteiger charge is -2.08. The zero-order chi connectivity index (χ0) is 11.3. The summed E-state index contributed by atoms with van der Waals surface area (Å²) in [4.78, 5) is 0. The van der Waals surface area contributed by atoms with Crippen molar-refractivity contribution in [2.45, 2.75) is 12.2 Å². The van der Waals surface area contributed by atoms with E-state index < -0.39 is 12.2 Å². The summed E-state index contributed by atoms with van der Waals surface area (Å²) in [6.07, 6.45) is -1.66. The summed E-state index contributed by atoms with van der Waals surface area (Å²) in [6, 6.07) is 9.28. The monoisotopic (exact) mass is 216 g/mol. The highest BCUT2D eigenvalue weighted by Gasteiger charge is 2.31. The molecule has 1 aliphatic rings. The van der Waals surface area contributed by atoms with E-state index in [1.54, 1.807) is 7.11 Å². The lowest BCUT2D eigenvalue weighted by molar-refractivity contribution is 0.0253. The first-order valence-corrected chi connectivity index (χ1v) is 5.19. The smallest absolute Gasteiger partial charge is 0.126 e. The number of rotatable bonds is 1. The molecule has 0 saturated carbocycles. The number of hydrogen-bond donors (Lipinski definition) is 2. The van der Waals surface area contributed by atoms with Crippen LogP contribution in [-0.4, -0.2) is 17.3 Å². The lowest BCUT2D eigenvalue weighted by atomic mass is 10.0. The average molecular weight is 216 g/mol. The molecular weight excluding hydrogens is 204 g/mol. The van der Waals surface area contributed by atoms with Crippen LogP contribution in [0, 0.1) is 0 Å². The van der Waals surface area contributed by atoms with E-state index in [9.17, 15) is 10.2 Å². The number of aliphatic hydroxyl groups is 2. The van der Waals surface area contributed by atoms with E-state index in [1.807, 2.05) is 30.3 Å². The Morgan fingerprint density at radius 3 is 2.38 bits per heavy atom. The molecule has 16 heavy (non-hydrogen) atoms. The van der Waals surface area contributed by atoms with Gasteiger partial charge in [0.05, 0.1) is 7.11 Å². The second-order valence-electron chi connectivity index (χ2n) is 4.02.